The van der Waals surface area contributed by atoms with Gasteiger partial charge in [-0.05, 0) is 46.9 Å². The van der Waals surface area contributed by atoms with E-state index in [0.717, 1.165) is 32.3 Å². The molecule has 2 aliphatic heterocycles. The molecule has 17 heavy (non-hydrogen) atoms. The van der Waals surface area contributed by atoms with Gasteiger partial charge >= 0.3 is 0 Å². The normalized spacial score (nSPS) is 22.5. The number of benzene rings is 1. The predicted molar refractivity (Wildman–Crippen MR) is 77.6 cm³/mol. The number of halogens is 1. The Hall–Kier alpha value is -0.330. The second-order valence-corrected chi connectivity index (χ2v) is 5.93. The minimum absolute atomic E-state index is 0.734. The molecular formula is C13H17IN2O. The zero-order valence-electron chi connectivity index (χ0n) is 9.81. The van der Waals surface area contributed by atoms with Gasteiger partial charge in [-0.25, -0.2) is 0 Å². The molecule has 1 aromatic carbocycles. The highest BCUT2D eigenvalue weighted by atomic mass is 127. The maximum absolute atomic E-state index is 5.39. The molecule has 2 aliphatic rings. The number of nitrogens with zero attached hydrogens (tertiary/aromatic N) is 2. The van der Waals surface area contributed by atoms with Gasteiger partial charge in [0.15, 0.2) is 0 Å². The van der Waals surface area contributed by atoms with Crippen LogP contribution in [0.4, 0.5) is 5.69 Å². The average molecular weight is 344 g/mol. The third-order valence-corrected chi connectivity index (χ3v) is 4.34. The van der Waals surface area contributed by atoms with Gasteiger partial charge in [0.2, 0.25) is 0 Å². The second kappa shape index (κ2) is 5.12. The minimum atomic E-state index is 0.734. The van der Waals surface area contributed by atoms with E-state index in [0.29, 0.717) is 0 Å². The third-order valence-electron chi connectivity index (χ3n) is 3.62. The van der Waals surface area contributed by atoms with E-state index in [4.69, 9.17) is 4.74 Å². The Labute approximate surface area is 116 Å². The van der Waals surface area contributed by atoms with Gasteiger partial charge in [-0.3, -0.25) is 4.90 Å². The third kappa shape index (κ3) is 2.58. The first-order valence-electron chi connectivity index (χ1n) is 6.15. The van der Waals surface area contributed by atoms with Gasteiger partial charge in [0.25, 0.3) is 0 Å². The highest BCUT2D eigenvalue weighted by Crippen LogP contribution is 2.24. The maximum atomic E-state index is 5.39. The molecule has 0 radical (unpaired) electrons. The highest BCUT2D eigenvalue weighted by molar-refractivity contribution is 14.1. The van der Waals surface area contributed by atoms with Crippen molar-refractivity contribution in [3.05, 3.63) is 27.8 Å². The highest BCUT2D eigenvalue weighted by Gasteiger charge is 2.32. The van der Waals surface area contributed by atoms with Gasteiger partial charge < -0.3 is 9.64 Å². The van der Waals surface area contributed by atoms with Gasteiger partial charge in [-0.15, -0.1) is 0 Å². The lowest BCUT2D eigenvalue weighted by atomic mass is 10.1. The molecular weight excluding hydrogens is 327 g/mol. The Balaban J connectivity index is 1.55. The predicted octanol–water partition coefficient (Wildman–Crippen LogP) is 1.81. The molecule has 2 saturated heterocycles. The standard InChI is InChI=1S/C13H17IN2O/c14-11-1-3-12(4-2-11)16-9-13(10-16)15-5-7-17-8-6-15/h1-4,13H,5-10H2. The van der Waals surface area contributed by atoms with Crippen LogP contribution in [-0.2, 0) is 4.74 Å². The van der Waals surface area contributed by atoms with E-state index in [9.17, 15) is 0 Å². The summed E-state index contributed by atoms with van der Waals surface area (Å²) in [7, 11) is 0. The van der Waals surface area contributed by atoms with E-state index in [1.807, 2.05) is 0 Å². The number of ether oxygens (including phenoxy) is 1. The van der Waals surface area contributed by atoms with Crippen LogP contribution in [0, 0.1) is 3.57 Å². The van der Waals surface area contributed by atoms with Crippen LogP contribution in [0.25, 0.3) is 0 Å². The van der Waals surface area contributed by atoms with Crippen LogP contribution in [0.2, 0.25) is 0 Å². The van der Waals surface area contributed by atoms with Crippen LogP contribution in [0.5, 0.6) is 0 Å². The van der Waals surface area contributed by atoms with Crippen LogP contribution >= 0.6 is 22.6 Å². The number of rotatable bonds is 2. The molecule has 0 saturated carbocycles. The van der Waals surface area contributed by atoms with Crippen LogP contribution in [-0.4, -0.2) is 50.3 Å². The van der Waals surface area contributed by atoms with Gasteiger partial charge in [-0.1, -0.05) is 0 Å². The maximum Gasteiger partial charge on any atom is 0.0594 e. The Morgan fingerprint density at radius 3 is 2.35 bits per heavy atom. The summed E-state index contributed by atoms with van der Waals surface area (Å²) in [5.74, 6) is 0. The number of hydrogen-bond donors (Lipinski definition) is 0. The van der Waals surface area contributed by atoms with Gasteiger partial charge in [-0.2, -0.15) is 0 Å². The minimum Gasteiger partial charge on any atom is -0.379 e. The van der Waals surface area contributed by atoms with Crippen molar-refractivity contribution in [2.24, 2.45) is 0 Å². The van der Waals surface area contributed by atoms with Crippen molar-refractivity contribution >= 4 is 28.3 Å². The van der Waals surface area contributed by atoms with E-state index in [1.165, 1.54) is 22.3 Å². The molecule has 0 aliphatic carbocycles. The molecule has 1 aromatic rings. The first-order chi connectivity index (χ1) is 8.33. The Morgan fingerprint density at radius 2 is 1.71 bits per heavy atom. The van der Waals surface area contributed by atoms with Crippen molar-refractivity contribution in [1.82, 2.24) is 4.90 Å². The molecule has 2 fully saturated rings. The first-order valence-corrected chi connectivity index (χ1v) is 7.23. The SMILES string of the molecule is Ic1ccc(N2CC(N3CCOCC3)C2)cc1. The van der Waals surface area contributed by atoms with Crippen molar-refractivity contribution in [3.63, 3.8) is 0 Å². The first kappa shape index (κ1) is 11.7. The largest absolute Gasteiger partial charge is 0.379 e. The summed E-state index contributed by atoms with van der Waals surface area (Å²) in [4.78, 5) is 5.02. The fraction of sp³-hybridized carbons (Fsp3) is 0.538. The van der Waals surface area contributed by atoms with E-state index in [-0.39, 0.29) is 0 Å². The monoisotopic (exact) mass is 344 g/mol. The van der Waals surface area contributed by atoms with Gasteiger partial charge in [0, 0.05) is 41.5 Å². The van der Waals surface area contributed by atoms with E-state index >= 15 is 0 Å². The molecule has 0 bridgehead atoms. The summed E-state index contributed by atoms with van der Waals surface area (Å²) in [6.07, 6.45) is 0. The van der Waals surface area contributed by atoms with E-state index < -0.39 is 0 Å². The summed E-state index contributed by atoms with van der Waals surface area (Å²) < 4.78 is 6.69. The molecule has 0 aromatic heterocycles. The fourth-order valence-electron chi connectivity index (χ4n) is 2.49. The van der Waals surface area contributed by atoms with Crippen LogP contribution < -0.4 is 4.90 Å². The fourth-order valence-corrected chi connectivity index (χ4v) is 2.85. The number of hydrogen-bond acceptors (Lipinski definition) is 3. The van der Waals surface area contributed by atoms with Crippen molar-refractivity contribution in [2.75, 3.05) is 44.3 Å². The summed E-state index contributed by atoms with van der Waals surface area (Å²) in [6.45, 7) is 6.34. The Bertz CT molecular complexity index is 370. The zero-order chi connectivity index (χ0) is 11.7. The van der Waals surface area contributed by atoms with Crippen molar-refractivity contribution in [3.8, 4) is 0 Å². The molecule has 0 spiro atoms. The molecule has 0 unspecified atom stereocenters. The van der Waals surface area contributed by atoms with E-state index in [1.54, 1.807) is 0 Å². The Morgan fingerprint density at radius 1 is 1.06 bits per heavy atom. The summed E-state index contributed by atoms with van der Waals surface area (Å²) in [6, 6.07) is 9.53. The van der Waals surface area contributed by atoms with E-state index in [2.05, 4.69) is 56.7 Å². The van der Waals surface area contributed by atoms with Crippen molar-refractivity contribution in [2.45, 2.75) is 6.04 Å². The number of anilines is 1. The smallest absolute Gasteiger partial charge is 0.0594 e. The Kier molecular flexibility index (Phi) is 3.54. The van der Waals surface area contributed by atoms with Crippen LogP contribution in [0.1, 0.15) is 0 Å². The lowest BCUT2D eigenvalue weighted by Crippen LogP contribution is -2.61. The molecule has 3 rings (SSSR count). The summed E-state index contributed by atoms with van der Waals surface area (Å²) >= 11 is 2.35. The number of morpholine rings is 1. The molecule has 0 amide bonds. The quantitative estimate of drug-likeness (QED) is 0.762. The average Bonchev–Trinajstić information content (AvgIpc) is 2.31. The van der Waals surface area contributed by atoms with Crippen molar-refractivity contribution in [1.29, 1.82) is 0 Å². The lowest BCUT2D eigenvalue weighted by Gasteiger charge is -2.47. The molecule has 0 atom stereocenters. The van der Waals surface area contributed by atoms with Gasteiger partial charge in [0.05, 0.1) is 13.2 Å². The molecule has 4 heteroatoms. The summed E-state index contributed by atoms with van der Waals surface area (Å²) in [5, 5.41) is 0. The zero-order valence-corrected chi connectivity index (χ0v) is 12.0. The topological polar surface area (TPSA) is 15.7 Å². The molecule has 2 heterocycles. The van der Waals surface area contributed by atoms with Gasteiger partial charge in [0.1, 0.15) is 0 Å². The summed E-state index contributed by atoms with van der Waals surface area (Å²) in [5.41, 5.74) is 1.36. The molecule has 92 valence electrons. The lowest BCUT2D eigenvalue weighted by molar-refractivity contribution is 0.0105. The van der Waals surface area contributed by atoms with Crippen LogP contribution in [0.3, 0.4) is 0 Å². The van der Waals surface area contributed by atoms with Crippen molar-refractivity contribution < 1.29 is 4.74 Å². The molecule has 0 N–H and O–H groups in total. The van der Waals surface area contributed by atoms with Crippen LogP contribution in [0.15, 0.2) is 24.3 Å². The second-order valence-electron chi connectivity index (χ2n) is 4.68. The molecule has 3 nitrogen and oxygen atoms in total.